The van der Waals surface area contributed by atoms with Crippen molar-refractivity contribution < 1.29 is 84.3 Å². The molecular weight excluding hydrogens is 1830 g/mol. The maximum atomic E-state index is 14.6. The minimum atomic E-state index is -0.0156. The number of quaternary nitrogens is 4. The van der Waals surface area contributed by atoms with Crippen LogP contribution in [0.3, 0.4) is 0 Å². The van der Waals surface area contributed by atoms with Gasteiger partial charge in [0.25, 0.3) is 0 Å². The zero-order chi connectivity index (χ0) is 94.7. The van der Waals surface area contributed by atoms with E-state index in [0.717, 1.165) is 101 Å². The summed E-state index contributed by atoms with van der Waals surface area (Å²) in [5.74, 6) is 7.52. The first-order chi connectivity index (χ1) is 61.2. The van der Waals surface area contributed by atoms with Crippen LogP contribution in [0.4, 0.5) is 0 Å². The summed E-state index contributed by atoms with van der Waals surface area (Å²) >= 11 is 39.8. The summed E-state index contributed by atoms with van der Waals surface area (Å²) in [6.07, 6.45) is 4.80. The minimum Gasteiger partial charge on any atom is -0.492 e. The molecule has 0 aliphatic carbocycles. The Kier molecular flexibility index (Phi) is 43.3. The molecular formula is C100H157Cl4N12O9S4V+5. The first-order valence-electron chi connectivity index (χ1n) is 48.1. The Balaban J connectivity index is 0.0000209. The van der Waals surface area contributed by atoms with Crippen LogP contribution in [0.2, 0.25) is 20.1 Å². The summed E-state index contributed by atoms with van der Waals surface area (Å²) in [5.41, 5.74) is 2.88. The molecule has 0 saturated carbocycles. The van der Waals surface area contributed by atoms with Crippen LogP contribution in [0.1, 0.15) is 217 Å². The molecule has 8 bridgehead atoms. The van der Waals surface area contributed by atoms with Crippen LogP contribution in [-0.2, 0) is 29.9 Å². The first kappa shape index (κ1) is 111. The molecule has 723 valence electrons. The number of fused-ring (bicyclic) bond motifs is 20. The molecule has 0 spiro atoms. The third kappa shape index (κ3) is 27.6. The second-order valence-electron chi connectivity index (χ2n) is 39.5. The predicted octanol–water partition coefficient (Wildman–Crippen LogP) is 25.3. The minimum absolute atomic E-state index is 0. The summed E-state index contributed by atoms with van der Waals surface area (Å²) in [6, 6.07) is 0. The summed E-state index contributed by atoms with van der Waals surface area (Å²) in [6.45, 7) is 65.9. The van der Waals surface area contributed by atoms with Crippen molar-refractivity contribution in [3.05, 3.63) is 25.7 Å². The van der Waals surface area contributed by atoms with Crippen molar-refractivity contribution in [1.82, 2.24) is 34.9 Å². The SMILES string of the molecule is CC[N+](C)(CC)CCSc1c(Cl)c(OCCC(C)C)c2c(c1COCC(C)C)-c1nc3[n-]c(nc4nc(nc5[n-]c(nc-2[n+]1O)c1c(OCCC(C)C)c(SCC[N+](C)(CC)CC)c(Cl)c(OCCC(C)C)c51)-c1c(OCCC(C)C)c(SCC[N+](C)(CC)CC)c(Cl)c(OCCC(C)C)c1-4)c1c(OCCC(C)C)c(SCC[N+](C)(CC)CC)c(Cl)c(OCCC(C)C)c31.[V+2]. The maximum absolute atomic E-state index is 14.6. The Bertz CT molecular complexity index is 5070. The van der Waals surface area contributed by atoms with E-state index >= 15 is 0 Å². The number of aromatic nitrogens is 8. The Morgan fingerprint density at radius 3 is 0.900 bits per heavy atom. The van der Waals surface area contributed by atoms with E-state index in [4.69, 9.17) is 119 Å². The van der Waals surface area contributed by atoms with Gasteiger partial charge in [0, 0.05) is 62.1 Å². The van der Waals surface area contributed by atoms with Gasteiger partial charge in [-0.3, -0.25) is 0 Å². The van der Waals surface area contributed by atoms with Gasteiger partial charge in [0.05, 0.1) is 218 Å². The van der Waals surface area contributed by atoms with Crippen molar-refractivity contribution in [1.29, 1.82) is 0 Å². The van der Waals surface area contributed by atoms with Gasteiger partial charge >= 0.3 is 30.2 Å². The molecule has 7 aromatic rings. The van der Waals surface area contributed by atoms with E-state index in [1.807, 2.05) is 0 Å². The number of hydrogen-bond donors (Lipinski definition) is 1. The molecule has 1 radical (unpaired) electrons. The van der Waals surface area contributed by atoms with Crippen LogP contribution in [0.25, 0.3) is 89.7 Å². The molecule has 0 saturated heterocycles. The monoisotopic (exact) mass is 1990 g/mol. The fourth-order valence-corrected chi connectivity index (χ4v) is 21.6. The molecule has 30 heteroatoms. The Morgan fingerprint density at radius 2 is 0.577 bits per heavy atom. The van der Waals surface area contributed by atoms with E-state index in [2.05, 4.69) is 194 Å². The zero-order valence-electron chi connectivity index (χ0n) is 83.9. The molecule has 2 aliphatic heterocycles. The fourth-order valence-electron chi connectivity index (χ4n) is 14.9. The van der Waals surface area contributed by atoms with Crippen LogP contribution in [0.5, 0.6) is 40.2 Å². The molecule has 2 aliphatic rings. The molecule has 5 heterocycles. The number of thioether (sulfide) groups is 4. The van der Waals surface area contributed by atoms with Crippen molar-refractivity contribution in [3.8, 4) is 85.8 Å². The van der Waals surface area contributed by atoms with Gasteiger partial charge in [-0.1, -0.05) is 167 Å². The molecule has 21 nitrogen and oxygen atoms in total. The third-order valence-corrected chi connectivity index (χ3v) is 32.2. The van der Waals surface area contributed by atoms with Crippen LogP contribution < -0.4 is 47.9 Å². The summed E-state index contributed by atoms with van der Waals surface area (Å²) in [7, 11) is 9.18. The van der Waals surface area contributed by atoms with Crippen LogP contribution in [0, 0.1) is 47.3 Å². The number of ether oxygens (including phenoxy) is 8. The van der Waals surface area contributed by atoms with Gasteiger partial charge in [0.15, 0.2) is 22.8 Å². The molecule has 3 aromatic heterocycles. The maximum Gasteiger partial charge on any atom is 2.00 e. The number of benzene rings is 4. The van der Waals surface area contributed by atoms with Gasteiger partial charge in [-0.25, -0.2) is 4.98 Å². The van der Waals surface area contributed by atoms with E-state index in [0.29, 0.717) is 224 Å². The van der Waals surface area contributed by atoms with Crippen molar-refractivity contribution in [2.45, 2.75) is 237 Å². The normalized spacial score (nSPS) is 12.7. The van der Waals surface area contributed by atoms with Gasteiger partial charge in [0.1, 0.15) is 49.4 Å². The third-order valence-electron chi connectivity index (χ3n) is 26.0. The second kappa shape index (κ2) is 50.8. The predicted molar refractivity (Wildman–Crippen MR) is 544 cm³/mol. The Hall–Kier alpha value is -4.42. The van der Waals surface area contributed by atoms with E-state index in [1.165, 1.54) is 0 Å². The molecule has 1 N–H and O–H groups in total. The molecule has 130 heavy (non-hydrogen) atoms. The number of halogens is 4. The summed E-state index contributed by atoms with van der Waals surface area (Å²) in [5, 5.41) is 17.7. The van der Waals surface area contributed by atoms with Crippen molar-refractivity contribution >= 4 is 138 Å². The Morgan fingerprint density at radius 1 is 0.323 bits per heavy atom. The first-order valence-corrected chi connectivity index (χ1v) is 53.6. The van der Waals surface area contributed by atoms with Crippen molar-refractivity contribution in [2.75, 3.05) is 183 Å². The number of nitrogens with zero attached hydrogens (tertiary/aromatic N) is 12. The topological polar surface area (TPSA) is 191 Å². The number of hydrogen-bond acceptors (Lipinski definition) is 18. The molecule has 4 aromatic carbocycles. The molecule has 0 unspecified atom stereocenters. The zero-order valence-corrected chi connectivity index (χ0v) is 91.6. The smallest absolute Gasteiger partial charge is 0.492 e. The standard InChI is InChI=1S/C100H157Cl4N12O9S4.V/c1-29-113(25,30-2)44-55-126-89-69(60-118-59-68(23)24)70-77(85(78(89)101)122-51-40-64(15)16)100-111-98-76-72(83(120-49-38-62(11)12)80(103)92(88(76)125-54-43-67(21)22)129-58-47-116(28,35-7)36-8)94(108-98)107-95-74-71(82(119-48-37-61(9)10)79(102)90(86(74)123-52-41-65(17)18)127-56-45-114(26,31-3)32-4)93(105-95)106-96-75-73(97(109-96)110-99(70)112(100)117)84(121-50-39-63(13)14)81(104)91(87(75)124-53-42-66(19)20)128-57-46-115(27,33-5)34-6;/h61-68,117H,29-60H2,1-28H3;/q+3;+2. The number of rotatable bonds is 56. The van der Waals surface area contributed by atoms with Gasteiger partial charge in [-0.05, 0) is 152 Å². The summed E-state index contributed by atoms with van der Waals surface area (Å²) < 4.78 is 63.1. The second-order valence-corrected chi connectivity index (χ2v) is 45.4. The van der Waals surface area contributed by atoms with E-state index in [9.17, 15) is 5.21 Å². The van der Waals surface area contributed by atoms with Gasteiger partial charge in [-0.15, -0.1) is 47.0 Å². The molecule has 0 atom stereocenters. The van der Waals surface area contributed by atoms with Crippen molar-refractivity contribution in [2.24, 2.45) is 47.3 Å². The van der Waals surface area contributed by atoms with Gasteiger partial charge < -0.3 is 81.0 Å². The molecule has 0 amide bonds. The van der Waals surface area contributed by atoms with Gasteiger partial charge in [0.2, 0.25) is 0 Å². The van der Waals surface area contributed by atoms with Crippen LogP contribution in [-0.4, -0.2) is 231 Å². The fraction of sp³-hybridized carbons (Fsp3) is 0.680. The summed E-state index contributed by atoms with van der Waals surface area (Å²) in [4.78, 5) is 43.9. The van der Waals surface area contributed by atoms with E-state index < -0.39 is 0 Å². The quantitative estimate of drug-likeness (QED) is 0.0164. The largest absolute Gasteiger partial charge is 2.00 e. The molecule has 0 fully saturated rings. The van der Waals surface area contributed by atoms with Crippen molar-refractivity contribution in [3.63, 3.8) is 0 Å². The van der Waals surface area contributed by atoms with Crippen LogP contribution in [0.15, 0.2) is 19.6 Å². The van der Waals surface area contributed by atoms with E-state index in [-0.39, 0.29) is 145 Å². The van der Waals surface area contributed by atoms with Gasteiger partial charge in [-0.2, -0.15) is 0 Å². The van der Waals surface area contributed by atoms with E-state index in [1.54, 1.807) is 47.0 Å². The Labute approximate surface area is 828 Å². The molecule has 9 rings (SSSR count). The average Bonchev–Trinajstić information content (AvgIpc) is 1.55. The average molecular weight is 1990 g/mol. The van der Waals surface area contributed by atoms with Crippen LogP contribution >= 0.6 is 93.5 Å².